The summed E-state index contributed by atoms with van der Waals surface area (Å²) in [5, 5.41) is 12.7. The molecule has 0 aliphatic rings. The zero-order chi connectivity index (χ0) is 13.8. The molecule has 1 amide bonds. The molecule has 0 heterocycles. The van der Waals surface area contributed by atoms with Crippen molar-refractivity contribution in [3.05, 3.63) is 32.7 Å². The lowest BCUT2D eigenvalue weighted by Crippen LogP contribution is -2.40. The summed E-state index contributed by atoms with van der Waals surface area (Å²) in [6, 6.07) is 5.36. The SMILES string of the molecule is CCCC(C)(O)CNC(=O)c1ccc(Br)cc1Br. The van der Waals surface area contributed by atoms with E-state index in [4.69, 9.17) is 0 Å². The molecule has 0 saturated carbocycles. The second-order valence-corrected chi connectivity index (χ2v) is 6.32. The Morgan fingerprint density at radius 2 is 2.11 bits per heavy atom. The van der Waals surface area contributed by atoms with E-state index in [-0.39, 0.29) is 12.5 Å². The minimum Gasteiger partial charge on any atom is -0.388 e. The van der Waals surface area contributed by atoms with Crippen LogP contribution in [0, 0.1) is 0 Å². The van der Waals surface area contributed by atoms with Crippen molar-refractivity contribution in [2.45, 2.75) is 32.3 Å². The zero-order valence-electron chi connectivity index (χ0n) is 10.5. The number of carbonyl (C=O) groups is 1. The molecule has 0 aliphatic carbocycles. The molecule has 1 rings (SSSR count). The van der Waals surface area contributed by atoms with Crippen molar-refractivity contribution in [2.24, 2.45) is 0 Å². The predicted molar refractivity (Wildman–Crippen MR) is 79.7 cm³/mol. The molecule has 0 bridgehead atoms. The molecule has 3 nitrogen and oxygen atoms in total. The van der Waals surface area contributed by atoms with Gasteiger partial charge in [-0.25, -0.2) is 0 Å². The number of amides is 1. The molecule has 0 radical (unpaired) electrons. The number of rotatable bonds is 5. The number of carbonyl (C=O) groups excluding carboxylic acids is 1. The van der Waals surface area contributed by atoms with E-state index in [1.54, 1.807) is 13.0 Å². The van der Waals surface area contributed by atoms with Gasteiger partial charge in [-0.05, 0) is 47.5 Å². The van der Waals surface area contributed by atoms with Gasteiger partial charge in [-0.2, -0.15) is 0 Å². The van der Waals surface area contributed by atoms with E-state index in [9.17, 15) is 9.90 Å². The molecule has 0 aromatic heterocycles. The van der Waals surface area contributed by atoms with Crippen LogP contribution in [0.1, 0.15) is 37.0 Å². The predicted octanol–water partition coefficient (Wildman–Crippen LogP) is 3.49. The molecule has 0 spiro atoms. The first-order valence-electron chi connectivity index (χ1n) is 5.81. The van der Waals surface area contributed by atoms with Crippen LogP contribution in [-0.4, -0.2) is 23.2 Å². The third kappa shape index (κ3) is 4.71. The van der Waals surface area contributed by atoms with Gasteiger partial charge in [0, 0.05) is 15.5 Å². The molecule has 5 heteroatoms. The highest BCUT2D eigenvalue weighted by atomic mass is 79.9. The standard InChI is InChI=1S/C13H17Br2NO2/c1-3-6-13(2,18)8-16-12(17)10-5-4-9(14)7-11(10)15/h4-5,7,18H,3,6,8H2,1-2H3,(H,16,17). The summed E-state index contributed by atoms with van der Waals surface area (Å²) in [5.41, 5.74) is -0.294. The minimum atomic E-state index is -0.855. The van der Waals surface area contributed by atoms with Gasteiger partial charge >= 0.3 is 0 Å². The molecule has 1 aromatic carbocycles. The molecule has 0 aliphatic heterocycles. The first-order chi connectivity index (χ1) is 8.35. The number of hydrogen-bond donors (Lipinski definition) is 2. The Labute approximate surface area is 124 Å². The number of nitrogens with one attached hydrogen (secondary N) is 1. The van der Waals surface area contributed by atoms with Crippen molar-refractivity contribution >= 4 is 37.8 Å². The van der Waals surface area contributed by atoms with Crippen molar-refractivity contribution in [1.82, 2.24) is 5.32 Å². The van der Waals surface area contributed by atoms with E-state index in [1.165, 1.54) is 0 Å². The van der Waals surface area contributed by atoms with Crippen molar-refractivity contribution in [2.75, 3.05) is 6.54 Å². The molecule has 2 N–H and O–H groups in total. The molecule has 100 valence electrons. The van der Waals surface area contributed by atoms with Crippen LogP contribution in [0.4, 0.5) is 0 Å². The smallest absolute Gasteiger partial charge is 0.252 e. The van der Waals surface area contributed by atoms with Gasteiger partial charge in [0.2, 0.25) is 0 Å². The van der Waals surface area contributed by atoms with Gasteiger partial charge in [0.05, 0.1) is 11.2 Å². The van der Waals surface area contributed by atoms with E-state index in [1.807, 2.05) is 19.1 Å². The fourth-order valence-electron chi connectivity index (χ4n) is 1.67. The maximum atomic E-state index is 12.0. The average Bonchev–Trinajstić information content (AvgIpc) is 2.26. The first-order valence-corrected chi connectivity index (χ1v) is 7.40. The number of aliphatic hydroxyl groups is 1. The third-order valence-electron chi connectivity index (χ3n) is 2.59. The van der Waals surface area contributed by atoms with Crippen molar-refractivity contribution in [3.8, 4) is 0 Å². The van der Waals surface area contributed by atoms with E-state index in [2.05, 4.69) is 37.2 Å². The Balaban J connectivity index is 2.66. The van der Waals surface area contributed by atoms with Crippen LogP contribution in [0.5, 0.6) is 0 Å². The number of hydrogen-bond acceptors (Lipinski definition) is 2. The maximum Gasteiger partial charge on any atom is 0.252 e. The van der Waals surface area contributed by atoms with Gasteiger partial charge in [-0.3, -0.25) is 4.79 Å². The normalized spacial score (nSPS) is 14.1. The molecule has 0 fully saturated rings. The Bertz CT molecular complexity index is 433. The monoisotopic (exact) mass is 377 g/mol. The van der Waals surface area contributed by atoms with Gasteiger partial charge in [0.1, 0.15) is 0 Å². The lowest BCUT2D eigenvalue weighted by molar-refractivity contribution is 0.0469. The Kier molecular flexibility index (Phi) is 5.82. The molecule has 1 atom stereocenters. The summed E-state index contributed by atoms with van der Waals surface area (Å²) in [5.74, 6) is -0.189. The van der Waals surface area contributed by atoms with Gasteiger partial charge < -0.3 is 10.4 Å². The topological polar surface area (TPSA) is 49.3 Å². The summed E-state index contributed by atoms with van der Waals surface area (Å²) in [7, 11) is 0. The second-order valence-electron chi connectivity index (χ2n) is 4.55. The van der Waals surface area contributed by atoms with Gasteiger partial charge in [0.25, 0.3) is 5.91 Å². The highest BCUT2D eigenvalue weighted by molar-refractivity contribution is 9.11. The molecule has 0 saturated heterocycles. The van der Waals surface area contributed by atoms with Crippen LogP contribution in [0.25, 0.3) is 0 Å². The quantitative estimate of drug-likeness (QED) is 0.823. The van der Waals surface area contributed by atoms with Crippen molar-refractivity contribution in [3.63, 3.8) is 0 Å². The third-order valence-corrected chi connectivity index (χ3v) is 3.74. The summed E-state index contributed by atoms with van der Waals surface area (Å²) < 4.78 is 1.63. The Morgan fingerprint density at radius 3 is 2.67 bits per heavy atom. The fourth-order valence-corrected chi connectivity index (χ4v) is 2.89. The van der Waals surface area contributed by atoms with E-state index >= 15 is 0 Å². The van der Waals surface area contributed by atoms with Gasteiger partial charge in [0.15, 0.2) is 0 Å². The van der Waals surface area contributed by atoms with Crippen LogP contribution in [0.3, 0.4) is 0 Å². The van der Waals surface area contributed by atoms with E-state index in [0.717, 1.165) is 15.4 Å². The lowest BCUT2D eigenvalue weighted by atomic mass is 10.0. The molecule has 1 unspecified atom stereocenters. The Hall–Kier alpha value is -0.390. The molecule has 18 heavy (non-hydrogen) atoms. The summed E-state index contributed by atoms with van der Waals surface area (Å²) in [4.78, 5) is 12.0. The zero-order valence-corrected chi connectivity index (χ0v) is 13.6. The van der Waals surface area contributed by atoms with Crippen LogP contribution in [-0.2, 0) is 0 Å². The minimum absolute atomic E-state index is 0.189. The van der Waals surface area contributed by atoms with Gasteiger partial charge in [-0.1, -0.05) is 29.3 Å². The molecule has 1 aromatic rings. The van der Waals surface area contributed by atoms with Crippen LogP contribution in [0.15, 0.2) is 27.1 Å². The summed E-state index contributed by atoms with van der Waals surface area (Å²) >= 11 is 6.68. The highest BCUT2D eigenvalue weighted by Crippen LogP contribution is 2.22. The largest absolute Gasteiger partial charge is 0.388 e. The maximum absolute atomic E-state index is 12.0. The fraction of sp³-hybridized carbons (Fsp3) is 0.462. The van der Waals surface area contributed by atoms with Crippen molar-refractivity contribution < 1.29 is 9.90 Å². The first kappa shape index (κ1) is 15.7. The summed E-state index contributed by atoms with van der Waals surface area (Å²) in [6.07, 6.45) is 1.54. The van der Waals surface area contributed by atoms with Crippen molar-refractivity contribution in [1.29, 1.82) is 0 Å². The molecular weight excluding hydrogens is 362 g/mol. The number of halogens is 2. The van der Waals surface area contributed by atoms with Crippen LogP contribution in [0.2, 0.25) is 0 Å². The van der Waals surface area contributed by atoms with E-state index in [0.29, 0.717) is 12.0 Å². The molecular formula is C13H17Br2NO2. The Morgan fingerprint density at radius 1 is 1.44 bits per heavy atom. The second kappa shape index (κ2) is 6.68. The van der Waals surface area contributed by atoms with E-state index < -0.39 is 5.60 Å². The summed E-state index contributed by atoms with van der Waals surface area (Å²) in [6.45, 7) is 3.98. The lowest BCUT2D eigenvalue weighted by Gasteiger charge is -2.23. The average molecular weight is 379 g/mol. The van der Waals surface area contributed by atoms with Gasteiger partial charge in [-0.15, -0.1) is 0 Å². The van der Waals surface area contributed by atoms with Crippen LogP contribution < -0.4 is 5.32 Å². The highest BCUT2D eigenvalue weighted by Gasteiger charge is 2.20. The van der Waals surface area contributed by atoms with Crippen LogP contribution >= 0.6 is 31.9 Å². The number of benzene rings is 1.